The number of phenols is 1. The van der Waals surface area contributed by atoms with Crippen molar-refractivity contribution in [2.24, 2.45) is 8.80 Å². The molecule has 11 heteroatoms. The lowest BCUT2D eigenvalue weighted by atomic mass is 10.1. The number of nitrogens with one attached hydrogen (secondary N) is 1. The Morgan fingerprint density at radius 2 is 2.04 bits per heavy atom. The first-order valence-electron chi connectivity index (χ1n) is 7.36. The Morgan fingerprint density at radius 1 is 1.32 bits per heavy atom. The van der Waals surface area contributed by atoms with Gasteiger partial charge in [0.1, 0.15) is 0 Å². The smallest absolute Gasteiger partial charge is 0.368 e. The van der Waals surface area contributed by atoms with Crippen molar-refractivity contribution in [2.75, 3.05) is 38.7 Å². The minimum Gasteiger partial charge on any atom is -0.505 e. The largest absolute Gasteiger partial charge is 0.505 e. The van der Waals surface area contributed by atoms with Crippen molar-refractivity contribution in [1.82, 2.24) is 4.90 Å². The second kappa shape index (κ2) is 6.69. The zero-order valence-corrected chi connectivity index (χ0v) is 14.1. The van der Waals surface area contributed by atoms with Crippen LogP contribution < -0.4 is 5.32 Å². The number of amides is 1. The summed E-state index contributed by atoms with van der Waals surface area (Å²) in [4.78, 5) is 14.1. The number of carbonyl (C=O) groups is 1. The molecule has 1 saturated heterocycles. The second-order valence-corrected chi connectivity index (χ2v) is 6.48. The standard InChI is InChI=1S/C14H16N4O6S/c1-23-13-12(16-25(21,22)17-13)15-10-4-2-3-9(11(10)19)14(20)18-5-7-24-8-6-18/h2-4,19H,5-8H2,1H3,(H,15,16). The fourth-order valence-electron chi connectivity index (χ4n) is 2.41. The van der Waals surface area contributed by atoms with Crippen LogP contribution in [0.3, 0.4) is 0 Å². The molecule has 0 spiro atoms. The van der Waals surface area contributed by atoms with Gasteiger partial charge in [-0.1, -0.05) is 6.07 Å². The van der Waals surface area contributed by atoms with Crippen LogP contribution in [0.5, 0.6) is 5.75 Å². The quantitative estimate of drug-likeness (QED) is 0.702. The van der Waals surface area contributed by atoms with E-state index in [0.29, 0.717) is 26.3 Å². The molecule has 0 aliphatic carbocycles. The van der Waals surface area contributed by atoms with Gasteiger partial charge < -0.3 is 24.8 Å². The molecule has 1 fully saturated rings. The molecule has 0 unspecified atom stereocenters. The average Bonchev–Trinajstić information content (AvgIpc) is 2.90. The third kappa shape index (κ3) is 3.56. The van der Waals surface area contributed by atoms with E-state index in [9.17, 15) is 18.3 Å². The number of methoxy groups -OCH3 is 1. The number of phenolic OH excluding ortho intramolecular Hbond substituents is 1. The summed E-state index contributed by atoms with van der Waals surface area (Å²) in [5.74, 6) is -1.06. The number of para-hydroxylation sites is 1. The third-order valence-corrected chi connectivity index (χ3v) is 4.43. The van der Waals surface area contributed by atoms with Crippen molar-refractivity contribution >= 4 is 33.5 Å². The molecule has 0 aromatic heterocycles. The van der Waals surface area contributed by atoms with Crippen LogP contribution in [-0.2, 0) is 19.7 Å². The van der Waals surface area contributed by atoms with Gasteiger partial charge in [0.15, 0.2) is 5.75 Å². The minimum absolute atomic E-state index is 0.0873. The molecular formula is C14H16N4O6S. The van der Waals surface area contributed by atoms with Crippen molar-refractivity contribution in [3.8, 4) is 5.75 Å². The van der Waals surface area contributed by atoms with Crippen LogP contribution in [0.1, 0.15) is 10.4 Å². The van der Waals surface area contributed by atoms with Crippen molar-refractivity contribution in [2.45, 2.75) is 0 Å². The first-order valence-corrected chi connectivity index (χ1v) is 8.76. The van der Waals surface area contributed by atoms with Crippen molar-refractivity contribution in [3.05, 3.63) is 23.8 Å². The molecule has 3 rings (SSSR count). The molecule has 0 saturated carbocycles. The number of hydrogen-bond acceptors (Lipinski definition) is 7. The molecule has 10 nitrogen and oxygen atoms in total. The second-order valence-electron chi connectivity index (χ2n) is 5.22. The molecule has 0 atom stereocenters. The SMILES string of the molecule is COC1=NS(=O)(=O)N=C1Nc1cccc(C(=O)N2CCOCC2)c1O. The topological polar surface area (TPSA) is 130 Å². The summed E-state index contributed by atoms with van der Waals surface area (Å²) < 4.78 is 39.6. The highest BCUT2D eigenvalue weighted by Gasteiger charge is 2.27. The van der Waals surface area contributed by atoms with Gasteiger partial charge in [-0.25, -0.2) is 0 Å². The van der Waals surface area contributed by atoms with E-state index in [1.54, 1.807) is 11.0 Å². The number of rotatable bonds is 2. The summed E-state index contributed by atoms with van der Waals surface area (Å²) >= 11 is 0. The number of hydrogen-bond donors (Lipinski definition) is 2. The van der Waals surface area contributed by atoms with Gasteiger partial charge in [0.2, 0.25) is 5.84 Å². The maximum atomic E-state index is 12.5. The highest BCUT2D eigenvalue weighted by Crippen LogP contribution is 2.29. The molecule has 2 aliphatic rings. The van der Waals surface area contributed by atoms with E-state index in [2.05, 4.69) is 14.1 Å². The van der Waals surface area contributed by atoms with E-state index in [0.717, 1.165) is 0 Å². The lowest BCUT2D eigenvalue weighted by Crippen LogP contribution is -2.40. The maximum Gasteiger partial charge on any atom is 0.368 e. The van der Waals surface area contributed by atoms with Crippen LogP contribution in [0, 0.1) is 0 Å². The van der Waals surface area contributed by atoms with Gasteiger partial charge in [0.25, 0.3) is 11.8 Å². The van der Waals surface area contributed by atoms with E-state index >= 15 is 0 Å². The highest BCUT2D eigenvalue weighted by molar-refractivity contribution is 7.89. The monoisotopic (exact) mass is 368 g/mol. The third-order valence-electron chi connectivity index (χ3n) is 3.62. The molecule has 2 heterocycles. The highest BCUT2D eigenvalue weighted by atomic mass is 32.2. The molecule has 134 valence electrons. The molecule has 1 amide bonds. The Balaban J connectivity index is 1.87. The van der Waals surface area contributed by atoms with Gasteiger partial charge in [-0.05, 0) is 12.1 Å². The normalized spacial score (nSPS) is 19.2. The fraction of sp³-hybridized carbons (Fsp3) is 0.357. The number of aromatic hydroxyl groups is 1. The molecule has 1 aromatic carbocycles. The summed E-state index contributed by atoms with van der Waals surface area (Å²) in [6.45, 7) is 1.74. The van der Waals surface area contributed by atoms with Crippen molar-refractivity contribution in [3.63, 3.8) is 0 Å². The number of anilines is 1. The molecule has 1 aromatic rings. The van der Waals surface area contributed by atoms with Crippen molar-refractivity contribution < 1.29 is 27.8 Å². The van der Waals surface area contributed by atoms with Gasteiger partial charge in [-0.3, -0.25) is 4.79 Å². The Bertz CT molecular complexity index is 858. The maximum absolute atomic E-state index is 12.5. The molecule has 0 radical (unpaired) electrons. The zero-order valence-electron chi connectivity index (χ0n) is 13.3. The van der Waals surface area contributed by atoms with E-state index < -0.39 is 10.2 Å². The molecule has 2 N–H and O–H groups in total. The van der Waals surface area contributed by atoms with Crippen LogP contribution >= 0.6 is 0 Å². The Hall–Kier alpha value is -2.66. The first-order chi connectivity index (χ1) is 11.9. The predicted octanol–water partition coefficient (Wildman–Crippen LogP) is -0.0217. The minimum atomic E-state index is -4.02. The number of carbonyl (C=O) groups excluding carboxylic acids is 1. The van der Waals surface area contributed by atoms with Gasteiger partial charge in [0, 0.05) is 13.1 Å². The Kier molecular flexibility index (Phi) is 4.59. The van der Waals surface area contributed by atoms with Gasteiger partial charge in [-0.15, -0.1) is 8.80 Å². The summed E-state index contributed by atoms with van der Waals surface area (Å²) in [6.07, 6.45) is 0. The molecule has 0 bridgehead atoms. The molecule has 2 aliphatic heterocycles. The van der Waals surface area contributed by atoms with Crippen LogP contribution in [0.2, 0.25) is 0 Å². The average molecular weight is 368 g/mol. The predicted molar refractivity (Wildman–Crippen MR) is 89.3 cm³/mol. The van der Waals surface area contributed by atoms with Crippen molar-refractivity contribution in [1.29, 1.82) is 0 Å². The van der Waals surface area contributed by atoms with E-state index in [4.69, 9.17) is 9.47 Å². The molecular weight excluding hydrogens is 352 g/mol. The lowest BCUT2D eigenvalue weighted by molar-refractivity contribution is 0.0301. The number of amidine groups is 1. The first kappa shape index (κ1) is 17.2. The summed E-state index contributed by atoms with van der Waals surface area (Å²) in [6, 6.07) is 4.52. The van der Waals surface area contributed by atoms with Gasteiger partial charge in [0.05, 0.1) is 31.6 Å². The summed E-state index contributed by atoms with van der Waals surface area (Å²) in [5, 5.41) is 13.0. The Morgan fingerprint density at radius 3 is 2.72 bits per heavy atom. The van der Waals surface area contributed by atoms with Crippen LogP contribution in [-0.4, -0.2) is 69.5 Å². The van der Waals surface area contributed by atoms with E-state index in [1.807, 2.05) is 0 Å². The van der Waals surface area contributed by atoms with Crippen LogP contribution in [0.25, 0.3) is 0 Å². The summed E-state index contributed by atoms with van der Waals surface area (Å²) in [5.41, 5.74) is 0.198. The van der Waals surface area contributed by atoms with Crippen LogP contribution in [0.4, 0.5) is 5.69 Å². The van der Waals surface area contributed by atoms with Gasteiger partial charge >= 0.3 is 10.2 Å². The summed E-state index contributed by atoms with van der Waals surface area (Å²) in [7, 11) is -2.77. The zero-order chi connectivity index (χ0) is 18.0. The number of ether oxygens (including phenoxy) is 2. The fourth-order valence-corrected chi connectivity index (χ4v) is 3.18. The molecule has 25 heavy (non-hydrogen) atoms. The number of morpholine rings is 1. The number of benzene rings is 1. The van der Waals surface area contributed by atoms with Crippen LogP contribution in [0.15, 0.2) is 27.0 Å². The Labute approximate surface area is 144 Å². The lowest BCUT2D eigenvalue weighted by Gasteiger charge is -2.27. The van der Waals surface area contributed by atoms with Gasteiger partial charge in [-0.2, -0.15) is 8.42 Å². The number of nitrogens with zero attached hydrogens (tertiary/aromatic N) is 3. The van der Waals surface area contributed by atoms with E-state index in [-0.39, 0.29) is 34.6 Å². The van der Waals surface area contributed by atoms with E-state index in [1.165, 1.54) is 19.2 Å².